The van der Waals surface area contributed by atoms with Crippen molar-refractivity contribution in [2.75, 3.05) is 13.2 Å². The van der Waals surface area contributed by atoms with E-state index in [1.54, 1.807) is 0 Å². The summed E-state index contributed by atoms with van der Waals surface area (Å²) >= 11 is 0. The van der Waals surface area contributed by atoms with Gasteiger partial charge in [-0.1, -0.05) is 0 Å². The van der Waals surface area contributed by atoms with E-state index >= 15 is 0 Å². The summed E-state index contributed by atoms with van der Waals surface area (Å²) in [7, 11) is 0. The van der Waals surface area contributed by atoms with Gasteiger partial charge >= 0.3 is 0 Å². The summed E-state index contributed by atoms with van der Waals surface area (Å²) in [5, 5.41) is 12.6. The molecule has 108 valence electrons. The van der Waals surface area contributed by atoms with Crippen LogP contribution in [0.25, 0.3) is 0 Å². The quantitative estimate of drug-likeness (QED) is 0.849. The van der Waals surface area contributed by atoms with E-state index in [9.17, 15) is 9.90 Å². The van der Waals surface area contributed by atoms with Gasteiger partial charge in [-0.15, -0.1) is 0 Å². The molecule has 1 aromatic heterocycles. The van der Waals surface area contributed by atoms with Gasteiger partial charge in [0.1, 0.15) is 5.75 Å². The van der Waals surface area contributed by atoms with Crippen LogP contribution in [0.5, 0.6) is 5.75 Å². The molecule has 0 atom stereocenters. The molecule has 2 fully saturated rings. The summed E-state index contributed by atoms with van der Waals surface area (Å²) in [5.41, 5.74) is 0.258. The van der Waals surface area contributed by atoms with Crippen LogP contribution in [0, 0.1) is 0 Å². The third-order valence-electron chi connectivity index (χ3n) is 3.94. The third-order valence-corrected chi connectivity index (χ3v) is 3.94. The van der Waals surface area contributed by atoms with Crippen molar-refractivity contribution in [3.8, 4) is 5.75 Å². The van der Waals surface area contributed by atoms with Crippen LogP contribution in [0.2, 0.25) is 0 Å². The van der Waals surface area contributed by atoms with Crippen molar-refractivity contribution in [2.24, 2.45) is 0 Å². The van der Waals surface area contributed by atoms with Crippen LogP contribution >= 0.6 is 0 Å². The summed E-state index contributed by atoms with van der Waals surface area (Å²) in [5.74, 6) is -0.779. The van der Waals surface area contributed by atoms with Crippen LogP contribution in [0.3, 0.4) is 0 Å². The second kappa shape index (κ2) is 5.38. The zero-order valence-electron chi connectivity index (χ0n) is 11.2. The van der Waals surface area contributed by atoms with Gasteiger partial charge in [0.2, 0.25) is 0 Å². The zero-order chi connectivity index (χ0) is 14.0. The van der Waals surface area contributed by atoms with Crippen LogP contribution in [0.15, 0.2) is 18.5 Å². The molecule has 1 aliphatic heterocycles. The van der Waals surface area contributed by atoms with Crippen LogP contribution in [0.1, 0.15) is 36.0 Å². The standard InChI is InChI=1S/C14H18N2O4/c17-12-9-15-6-3-11(12)13(18)16-10-1-4-14(5-2-10)19-7-8-20-14/h3,6,9-10,17H,1-2,4-5,7-8H2,(H,16,18). The van der Waals surface area contributed by atoms with Crippen LogP contribution in [-0.2, 0) is 9.47 Å². The largest absolute Gasteiger partial charge is 0.505 e. The number of ether oxygens (including phenoxy) is 2. The van der Waals surface area contributed by atoms with Gasteiger partial charge < -0.3 is 19.9 Å². The molecule has 2 heterocycles. The Morgan fingerprint density at radius 1 is 1.35 bits per heavy atom. The van der Waals surface area contributed by atoms with E-state index in [1.807, 2.05) is 0 Å². The Morgan fingerprint density at radius 3 is 2.70 bits per heavy atom. The van der Waals surface area contributed by atoms with Gasteiger partial charge in [0.15, 0.2) is 5.79 Å². The highest BCUT2D eigenvalue weighted by Crippen LogP contribution is 2.35. The number of pyridine rings is 1. The Bertz CT molecular complexity index is 490. The molecule has 1 saturated carbocycles. The zero-order valence-corrected chi connectivity index (χ0v) is 11.2. The minimum absolute atomic E-state index is 0.0912. The van der Waals surface area contributed by atoms with Crippen molar-refractivity contribution in [1.82, 2.24) is 10.3 Å². The van der Waals surface area contributed by atoms with Crippen LogP contribution in [0.4, 0.5) is 0 Å². The highest BCUT2D eigenvalue weighted by molar-refractivity contribution is 5.96. The van der Waals surface area contributed by atoms with Crippen molar-refractivity contribution < 1.29 is 19.4 Å². The molecule has 6 nitrogen and oxygen atoms in total. The second-order valence-corrected chi connectivity index (χ2v) is 5.25. The number of rotatable bonds is 2. The first-order valence-corrected chi connectivity index (χ1v) is 6.90. The normalized spacial score (nSPS) is 22.0. The van der Waals surface area contributed by atoms with Crippen molar-refractivity contribution in [3.63, 3.8) is 0 Å². The van der Waals surface area contributed by atoms with E-state index in [0.717, 1.165) is 25.7 Å². The maximum absolute atomic E-state index is 12.1. The average molecular weight is 278 g/mol. The van der Waals surface area contributed by atoms with E-state index in [4.69, 9.17) is 9.47 Å². The van der Waals surface area contributed by atoms with E-state index in [-0.39, 0.29) is 23.3 Å². The first-order valence-electron chi connectivity index (χ1n) is 6.90. The molecule has 1 aliphatic carbocycles. The van der Waals surface area contributed by atoms with Gasteiger partial charge in [0.05, 0.1) is 25.0 Å². The molecule has 3 rings (SSSR count). The summed E-state index contributed by atoms with van der Waals surface area (Å²) in [6, 6.07) is 1.60. The van der Waals surface area contributed by atoms with E-state index in [2.05, 4.69) is 10.3 Å². The number of carbonyl (C=O) groups is 1. The highest BCUT2D eigenvalue weighted by atomic mass is 16.7. The number of hydrogen-bond donors (Lipinski definition) is 2. The molecule has 2 N–H and O–H groups in total. The van der Waals surface area contributed by atoms with Crippen LogP contribution < -0.4 is 5.32 Å². The first kappa shape index (κ1) is 13.3. The Balaban J connectivity index is 1.57. The van der Waals surface area contributed by atoms with Crippen molar-refractivity contribution in [3.05, 3.63) is 24.0 Å². The third kappa shape index (κ3) is 2.62. The van der Waals surface area contributed by atoms with Crippen molar-refractivity contribution >= 4 is 5.91 Å². The summed E-state index contributed by atoms with van der Waals surface area (Å²) in [4.78, 5) is 15.8. The predicted molar refractivity (Wildman–Crippen MR) is 70.3 cm³/mol. The number of nitrogens with one attached hydrogen (secondary N) is 1. The fourth-order valence-electron chi connectivity index (χ4n) is 2.83. The lowest BCUT2D eigenvalue weighted by Gasteiger charge is -2.35. The van der Waals surface area contributed by atoms with Crippen molar-refractivity contribution in [1.29, 1.82) is 0 Å². The number of amides is 1. The minimum Gasteiger partial charge on any atom is -0.505 e. The molecule has 0 bridgehead atoms. The Labute approximate surface area is 117 Å². The van der Waals surface area contributed by atoms with E-state index < -0.39 is 5.79 Å². The topological polar surface area (TPSA) is 80.7 Å². The van der Waals surface area contributed by atoms with Crippen LogP contribution in [-0.4, -0.2) is 41.0 Å². The fourth-order valence-corrected chi connectivity index (χ4v) is 2.83. The molecule has 1 aromatic rings. The van der Waals surface area contributed by atoms with E-state index in [0.29, 0.717) is 13.2 Å². The lowest BCUT2D eigenvalue weighted by molar-refractivity contribution is -0.179. The van der Waals surface area contributed by atoms with Gasteiger partial charge in [0.25, 0.3) is 5.91 Å². The molecule has 6 heteroatoms. The van der Waals surface area contributed by atoms with E-state index in [1.165, 1.54) is 18.5 Å². The van der Waals surface area contributed by atoms with Gasteiger partial charge in [-0.3, -0.25) is 9.78 Å². The molecular formula is C14H18N2O4. The summed E-state index contributed by atoms with van der Waals surface area (Å²) in [6.45, 7) is 1.31. The van der Waals surface area contributed by atoms with Gasteiger partial charge in [-0.05, 0) is 18.9 Å². The minimum atomic E-state index is -0.417. The lowest BCUT2D eigenvalue weighted by atomic mass is 9.90. The Hall–Kier alpha value is -1.66. The molecule has 2 aliphatic rings. The number of aromatic hydroxyl groups is 1. The monoisotopic (exact) mass is 278 g/mol. The molecule has 0 unspecified atom stereocenters. The number of nitrogens with zero attached hydrogens (tertiary/aromatic N) is 1. The fraction of sp³-hybridized carbons (Fsp3) is 0.571. The van der Waals surface area contributed by atoms with Gasteiger partial charge in [0, 0.05) is 25.1 Å². The maximum atomic E-state index is 12.1. The maximum Gasteiger partial charge on any atom is 0.255 e. The average Bonchev–Trinajstić information content (AvgIpc) is 2.90. The SMILES string of the molecule is O=C(NC1CCC2(CC1)OCCO2)c1ccncc1O. The molecule has 1 spiro atoms. The van der Waals surface area contributed by atoms with Gasteiger partial charge in [-0.25, -0.2) is 0 Å². The molecular weight excluding hydrogens is 260 g/mol. The number of carbonyl (C=O) groups excluding carboxylic acids is 1. The lowest BCUT2D eigenvalue weighted by Crippen LogP contribution is -2.44. The Kier molecular flexibility index (Phi) is 3.58. The van der Waals surface area contributed by atoms with Gasteiger partial charge in [-0.2, -0.15) is 0 Å². The highest BCUT2D eigenvalue weighted by Gasteiger charge is 2.40. The molecule has 1 saturated heterocycles. The summed E-state index contributed by atoms with van der Waals surface area (Å²) in [6.07, 6.45) is 5.98. The second-order valence-electron chi connectivity index (χ2n) is 5.25. The number of aromatic nitrogens is 1. The summed E-state index contributed by atoms with van der Waals surface area (Å²) < 4.78 is 11.3. The molecule has 20 heavy (non-hydrogen) atoms. The molecule has 0 radical (unpaired) electrons. The first-order chi connectivity index (χ1) is 9.69. The smallest absolute Gasteiger partial charge is 0.255 e. The Morgan fingerprint density at radius 2 is 2.05 bits per heavy atom. The molecule has 0 aromatic carbocycles. The van der Waals surface area contributed by atoms with Crippen molar-refractivity contribution in [2.45, 2.75) is 37.5 Å². The number of hydrogen-bond acceptors (Lipinski definition) is 5. The molecule has 1 amide bonds. The predicted octanol–water partition coefficient (Wildman–Crippen LogP) is 1.20.